The minimum atomic E-state index is 0.755. The predicted molar refractivity (Wildman–Crippen MR) is 103 cm³/mol. The topological polar surface area (TPSA) is 29.9 Å². The van der Waals surface area contributed by atoms with Crippen LogP contribution in [-0.4, -0.2) is 33.3 Å². The first-order chi connectivity index (χ1) is 12.2. The Morgan fingerprint density at radius 2 is 1.64 bits per heavy atom. The predicted octanol–water partition coefficient (Wildman–Crippen LogP) is 3.64. The van der Waals surface area contributed by atoms with Gasteiger partial charge in [0.25, 0.3) is 0 Å². The van der Waals surface area contributed by atoms with Crippen molar-refractivity contribution in [1.29, 1.82) is 0 Å². The second-order valence-corrected chi connectivity index (χ2v) is 6.66. The first kappa shape index (κ1) is 16.0. The molecule has 1 N–H and O–H groups in total. The summed E-state index contributed by atoms with van der Waals surface area (Å²) in [4.78, 5) is 8.15. The van der Waals surface area contributed by atoms with E-state index in [-0.39, 0.29) is 0 Å². The molecule has 2 aromatic carbocycles. The van der Waals surface area contributed by atoms with Crippen molar-refractivity contribution in [3.8, 4) is 5.75 Å². The number of ether oxygens (including phenoxy) is 1. The fraction of sp³-hybridized carbons (Fsp3) is 0.250. The Bertz CT molecular complexity index is 874. The Balaban J connectivity index is 1.52. The molecule has 4 nitrogen and oxygen atoms in total. The number of nitrogens with zero attached hydrogens (tertiary/aromatic N) is 2. The maximum atomic E-state index is 6.12. The van der Waals surface area contributed by atoms with E-state index in [0.717, 1.165) is 42.5 Å². The van der Waals surface area contributed by atoms with E-state index in [4.69, 9.17) is 16.3 Å². The molecule has 1 aliphatic heterocycles. The highest BCUT2D eigenvalue weighted by Crippen LogP contribution is 2.28. The lowest BCUT2D eigenvalue weighted by atomic mass is 10.1. The number of aromatic nitrogens is 1. The van der Waals surface area contributed by atoms with Crippen LogP contribution < -0.4 is 19.5 Å². The number of benzene rings is 2. The molecule has 0 saturated carbocycles. The van der Waals surface area contributed by atoms with E-state index in [2.05, 4.69) is 39.0 Å². The van der Waals surface area contributed by atoms with Crippen LogP contribution in [0.4, 0.5) is 11.4 Å². The molecule has 128 valence electrons. The zero-order valence-electron chi connectivity index (χ0n) is 14.2. The fourth-order valence-corrected chi connectivity index (χ4v) is 3.61. The van der Waals surface area contributed by atoms with Gasteiger partial charge in [0.2, 0.25) is 5.52 Å². The number of rotatable bonds is 3. The van der Waals surface area contributed by atoms with Gasteiger partial charge in [-0.1, -0.05) is 11.6 Å². The van der Waals surface area contributed by atoms with E-state index in [0.29, 0.717) is 0 Å². The Hall–Kier alpha value is -2.46. The lowest BCUT2D eigenvalue weighted by Gasteiger charge is -2.37. The molecular formula is C20H21ClN3O+. The number of methoxy groups -OCH3 is 1. The van der Waals surface area contributed by atoms with Crippen LogP contribution in [0.25, 0.3) is 10.9 Å². The first-order valence-electron chi connectivity index (χ1n) is 8.48. The van der Waals surface area contributed by atoms with Gasteiger partial charge in [0.15, 0.2) is 6.20 Å². The number of hydrogen-bond acceptors (Lipinski definition) is 3. The van der Waals surface area contributed by atoms with E-state index in [1.165, 1.54) is 16.8 Å². The molecule has 5 heteroatoms. The van der Waals surface area contributed by atoms with Crippen LogP contribution in [0.1, 0.15) is 0 Å². The monoisotopic (exact) mass is 354 g/mol. The molecule has 3 aromatic rings. The van der Waals surface area contributed by atoms with Gasteiger partial charge in [0.1, 0.15) is 5.75 Å². The number of aromatic amines is 1. The average Bonchev–Trinajstić information content (AvgIpc) is 2.67. The van der Waals surface area contributed by atoms with Crippen molar-refractivity contribution in [2.75, 3.05) is 43.1 Å². The molecule has 1 aromatic heterocycles. The number of hydrogen-bond donors (Lipinski definition) is 0. The Morgan fingerprint density at radius 3 is 2.36 bits per heavy atom. The molecule has 1 saturated heterocycles. The van der Waals surface area contributed by atoms with Crippen LogP contribution in [-0.2, 0) is 0 Å². The quantitative estimate of drug-likeness (QED) is 0.719. The van der Waals surface area contributed by atoms with Crippen LogP contribution in [0, 0.1) is 0 Å². The molecule has 25 heavy (non-hydrogen) atoms. The van der Waals surface area contributed by atoms with Crippen LogP contribution in [0.2, 0.25) is 5.02 Å². The number of anilines is 2. The summed E-state index contributed by atoms with van der Waals surface area (Å²) in [6.07, 6.45) is 1.99. The van der Waals surface area contributed by atoms with Gasteiger partial charge in [-0.2, -0.15) is 0 Å². The molecule has 0 aliphatic carbocycles. The molecule has 0 amide bonds. The highest BCUT2D eigenvalue weighted by molar-refractivity contribution is 6.31. The number of halogens is 1. The number of H-pyrrole nitrogens is 1. The zero-order valence-corrected chi connectivity index (χ0v) is 15.0. The molecular weight excluding hydrogens is 334 g/mol. The summed E-state index contributed by atoms with van der Waals surface area (Å²) in [5.41, 5.74) is 3.58. The molecule has 0 spiro atoms. The Kier molecular flexibility index (Phi) is 4.36. The number of fused-ring (bicyclic) bond motifs is 1. The third kappa shape index (κ3) is 3.22. The summed E-state index contributed by atoms with van der Waals surface area (Å²) in [5.74, 6) is 0.896. The van der Waals surface area contributed by atoms with Crippen LogP contribution in [0.15, 0.2) is 54.7 Å². The fourth-order valence-electron chi connectivity index (χ4n) is 3.43. The van der Waals surface area contributed by atoms with Gasteiger partial charge >= 0.3 is 0 Å². The Labute approximate surface area is 152 Å². The summed E-state index contributed by atoms with van der Waals surface area (Å²) in [6.45, 7) is 3.99. The third-order valence-electron chi connectivity index (χ3n) is 4.80. The van der Waals surface area contributed by atoms with Crippen molar-refractivity contribution < 1.29 is 9.72 Å². The summed E-state index contributed by atoms with van der Waals surface area (Å²) >= 11 is 6.12. The van der Waals surface area contributed by atoms with Gasteiger partial charge in [-0.25, -0.2) is 4.98 Å². The number of pyridine rings is 1. The maximum Gasteiger partial charge on any atom is 0.214 e. The van der Waals surface area contributed by atoms with Crippen LogP contribution in [0.3, 0.4) is 0 Å². The van der Waals surface area contributed by atoms with Crippen molar-refractivity contribution >= 4 is 33.9 Å². The second kappa shape index (κ2) is 6.81. The summed E-state index contributed by atoms with van der Waals surface area (Å²) < 4.78 is 5.24. The van der Waals surface area contributed by atoms with Gasteiger partial charge in [0.05, 0.1) is 18.2 Å². The van der Waals surface area contributed by atoms with E-state index < -0.39 is 0 Å². The standard InChI is InChI=1S/C20H20ClN3O/c1-25-17-5-3-16(4-6-17)23-10-12-24(13-11-23)20-8-9-22-19-14-15(21)2-7-18(19)20/h2-9,14H,10-13H2,1H3/p+1. The van der Waals surface area contributed by atoms with E-state index in [9.17, 15) is 0 Å². The minimum absolute atomic E-state index is 0.755. The van der Waals surface area contributed by atoms with E-state index in [1.54, 1.807) is 7.11 Å². The molecule has 0 atom stereocenters. The van der Waals surface area contributed by atoms with E-state index >= 15 is 0 Å². The second-order valence-electron chi connectivity index (χ2n) is 6.22. The van der Waals surface area contributed by atoms with Crippen molar-refractivity contribution in [3.63, 3.8) is 0 Å². The smallest absolute Gasteiger partial charge is 0.214 e. The summed E-state index contributed by atoms with van der Waals surface area (Å²) in [5, 5.41) is 1.97. The van der Waals surface area contributed by atoms with E-state index in [1.807, 2.05) is 30.5 Å². The lowest BCUT2D eigenvalue weighted by molar-refractivity contribution is -0.344. The molecule has 0 radical (unpaired) electrons. The summed E-state index contributed by atoms with van der Waals surface area (Å²) in [7, 11) is 1.70. The average molecular weight is 355 g/mol. The van der Waals surface area contributed by atoms with Crippen molar-refractivity contribution in [2.45, 2.75) is 0 Å². The molecule has 4 rings (SSSR count). The van der Waals surface area contributed by atoms with Crippen molar-refractivity contribution in [3.05, 3.63) is 59.8 Å². The number of piperazine rings is 1. The highest BCUT2D eigenvalue weighted by Gasteiger charge is 2.20. The first-order valence-corrected chi connectivity index (χ1v) is 8.86. The lowest BCUT2D eigenvalue weighted by Crippen LogP contribution is -2.46. The van der Waals surface area contributed by atoms with Gasteiger partial charge < -0.3 is 14.5 Å². The molecule has 0 unspecified atom stereocenters. The zero-order chi connectivity index (χ0) is 17.2. The number of nitrogens with one attached hydrogen (secondary N) is 1. The van der Waals surface area contributed by atoms with Gasteiger partial charge in [-0.3, -0.25) is 0 Å². The third-order valence-corrected chi connectivity index (χ3v) is 5.03. The highest BCUT2D eigenvalue weighted by atomic mass is 35.5. The van der Waals surface area contributed by atoms with Crippen LogP contribution >= 0.6 is 11.6 Å². The summed E-state index contributed by atoms with van der Waals surface area (Å²) in [6, 6.07) is 16.5. The normalized spacial score (nSPS) is 14.8. The molecule has 1 fully saturated rings. The van der Waals surface area contributed by atoms with Gasteiger partial charge in [-0.05, 0) is 36.4 Å². The Morgan fingerprint density at radius 1 is 0.920 bits per heavy atom. The molecule has 0 bridgehead atoms. The van der Waals surface area contributed by atoms with Crippen LogP contribution in [0.5, 0.6) is 5.75 Å². The molecule has 1 aliphatic rings. The maximum absolute atomic E-state index is 6.12. The van der Waals surface area contributed by atoms with Gasteiger partial charge in [-0.15, -0.1) is 0 Å². The largest absolute Gasteiger partial charge is 0.497 e. The molecule has 2 heterocycles. The SMILES string of the molecule is COc1ccc(N2CCN(c3cc[nH+]c4cc(Cl)ccc34)CC2)cc1. The van der Waals surface area contributed by atoms with Crippen molar-refractivity contribution in [1.82, 2.24) is 0 Å². The minimum Gasteiger partial charge on any atom is -0.497 e. The van der Waals surface area contributed by atoms with Crippen molar-refractivity contribution in [2.24, 2.45) is 0 Å². The van der Waals surface area contributed by atoms with Gasteiger partial charge in [0, 0.05) is 49.0 Å².